The minimum Gasteiger partial charge on any atom is -0.508 e. The van der Waals surface area contributed by atoms with Gasteiger partial charge in [0, 0.05) is 18.2 Å². The van der Waals surface area contributed by atoms with Gasteiger partial charge in [-0.3, -0.25) is 0 Å². The number of aromatic hydroxyl groups is 2. The van der Waals surface area contributed by atoms with Gasteiger partial charge in [-0.2, -0.15) is 0 Å². The average Bonchev–Trinajstić information content (AvgIpc) is 2.55. The van der Waals surface area contributed by atoms with Crippen LogP contribution in [-0.4, -0.2) is 33.0 Å². The summed E-state index contributed by atoms with van der Waals surface area (Å²) in [6.45, 7) is 2.13. The molecule has 124 valence electrons. The first-order valence-electron chi connectivity index (χ1n) is 7.61. The lowest BCUT2D eigenvalue weighted by molar-refractivity contribution is 0.170. The first-order valence-corrected chi connectivity index (χ1v) is 7.61. The Morgan fingerprint density at radius 1 is 1.04 bits per heavy atom. The van der Waals surface area contributed by atoms with Gasteiger partial charge in [0.15, 0.2) is 0 Å². The second kappa shape index (κ2) is 7.97. The Morgan fingerprint density at radius 3 is 2.39 bits per heavy atom. The van der Waals surface area contributed by atoms with Crippen molar-refractivity contribution in [2.24, 2.45) is 0 Å². The van der Waals surface area contributed by atoms with Crippen molar-refractivity contribution in [2.45, 2.75) is 32.1 Å². The molecule has 0 amide bonds. The molecule has 0 spiro atoms. The molecular formula is C18H23NO4. The smallest absolute Gasteiger partial charge is 0.121 e. The van der Waals surface area contributed by atoms with E-state index in [0.29, 0.717) is 17.7 Å². The van der Waals surface area contributed by atoms with Crippen molar-refractivity contribution < 1.29 is 20.4 Å². The summed E-state index contributed by atoms with van der Waals surface area (Å²) in [5.41, 5.74) is 2.15. The Labute approximate surface area is 135 Å². The number of hydrogen-bond donors (Lipinski definition) is 5. The van der Waals surface area contributed by atoms with Crippen LogP contribution in [0.3, 0.4) is 0 Å². The highest BCUT2D eigenvalue weighted by Gasteiger charge is 2.12. The van der Waals surface area contributed by atoms with E-state index >= 15 is 0 Å². The highest BCUT2D eigenvalue weighted by molar-refractivity contribution is 5.36. The number of hydrogen-bond acceptors (Lipinski definition) is 5. The third-order valence-electron chi connectivity index (χ3n) is 3.80. The molecule has 5 nitrogen and oxygen atoms in total. The number of rotatable bonds is 7. The Kier molecular flexibility index (Phi) is 5.98. The molecule has 2 rings (SSSR count). The SMILES string of the molecule is CC(Cc1ccc(O)cc1)NC[C@@H](O)c1ccc(O)c(CO)c1. The summed E-state index contributed by atoms with van der Waals surface area (Å²) < 4.78 is 0. The number of phenolic OH excluding ortho intramolecular Hbond substituents is 1. The maximum Gasteiger partial charge on any atom is 0.121 e. The molecule has 0 radical (unpaired) electrons. The molecule has 0 saturated carbocycles. The van der Waals surface area contributed by atoms with Crippen LogP contribution in [0, 0.1) is 0 Å². The predicted molar refractivity (Wildman–Crippen MR) is 88.3 cm³/mol. The monoisotopic (exact) mass is 317 g/mol. The summed E-state index contributed by atoms with van der Waals surface area (Å²) >= 11 is 0. The summed E-state index contributed by atoms with van der Waals surface area (Å²) in [5, 5.41) is 41.4. The van der Waals surface area contributed by atoms with E-state index in [-0.39, 0.29) is 24.1 Å². The number of aliphatic hydroxyl groups is 2. The Hall–Kier alpha value is -2.08. The van der Waals surface area contributed by atoms with Gasteiger partial charge < -0.3 is 25.7 Å². The van der Waals surface area contributed by atoms with Crippen molar-refractivity contribution in [3.8, 4) is 11.5 Å². The van der Waals surface area contributed by atoms with Crippen molar-refractivity contribution >= 4 is 0 Å². The molecule has 0 aromatic heterocycles. The maximum atomic E-state index is 10.2. The van der Waals surface area contributed by atoms with Gasteiger partial charge in [-0.15, -0.1) is 0 Å². The molecule has 0 saturated heterocycles. The minimum absolute atomic E-state index is 0.0251. The predicted octanol–water partition coefficient (Wildman–Crippen LogP) is 1.84. The van der Waals surface area contributed by atoms with Gasteiger partial charge >= 0.3 is 0 Å². The topological polar surface area (TPSA) is 93.0 Å². The van der Waals surface area contributed by atoms with E-state index < -0.39 is 6.10 Å². The molecule has 0 aliphatic rings. The fourth-order valence-electron chi connectivity index (χ4n) is 2.43. The normalized spacial score (nSPS) is 13.7. The van der Waals surface area contributed by atoms with E-state index in [1.807, 2.05) is 19.1 Å². The Morgan fingerprint density at radius 2 is 1.74 bits per heavy atom. The van der Waals surface area contributed by atoms with Crippen LogP contribution >= 0.6 is 0 Å². The zero-order valence-corrected chi connectivity index (χ0v) is 13.1. The van der Waals surface area contributed by atoms with Crippen LogP contribution in [0.4, 0.5) is 0 Å². The standard InChI is InChI=1S/C18H23NO4/c1-12(8-13-2-5-16(21)6-3-13)19-10-18(23)14-4-7-17(22)15(9-14)11-20/h2-7,9,12,18-23H,8,10-11H2,1H3/t12?,18-/m1/s1. The highest BCUT2D eigenvalue weighted by atomic mass is 16.3. The van der Waals surface area contributed by atoms with Crippen LogP contribution in [0.1, 0.15) is 29.7 Å². The van der Waals surface area contributed by atoms with Crippen LogP contribution in [0.25, 0.3) is 0 Å². The van der Waals surface area contributed by atoms with Gasteiger partial charge in [-0.05, 0) is 48.7 Å². The van der Waals surface area contributed by atoms with Gasteiger partial charge in [0.25, 0.3) is 0 Å². The summed E-state index contributed by atoms with van der Waals surface area (Å²) in [6, 6.07) is 11.9. The molecule has 0 fully saturated rings. The Bertz CT molecular complexity index is 627. The van der Waals surface area contributed by atoms with Crippen LogP contribution in [0.5, 0.6) is 11.5 Å². The van der Waals surface area contributed by atoms with Gasteiger partial charge in [0.2, 0.25) is 0 Å². The molecule has 0 aliphatic carbocycles. The molecule has 0 heterocycles. The van der Waals surface area contributed by atoms with E-state index in [2.05, 4.69) is 5.32 Å². The fourth-order valence-corrected chi connectivity index (χ4v) is 2.43. The first-order chi connectivity index (χ1) is 11.0. The fraction of sp³-hybridized carbons (Fsp3) is 0.333. The summed E-state index contributed by atoms with van der Waals surface area (Å²) in [4.78, 5) is 0. The molecule has 2 aromatic carbocycles. The van der Waals surface area contributed by atoms with E-state index in [0.717, 1.165) is 12.0 Å². The molecular weight excluding hydrogens is 294 g/mol. The molecule has 2 atom stereocenters. The van der Waals surface area contributed by atoms with Gasteiger partial charge in [-0.1, -0.05) is 18.2 Å². The van der Waals surface area contributed by atoms with E-state index in [9.17, 15) is 15.3 Å². The van der Waals surface area contributed by atoms with Crippen LogP contribution in [0.2, 0.25) is 0 Å². The van der Waals surface area contributed by atoms with Crippen molar-refractivity contribution in [2.75, 3.05) is 6.54 Å². The van der Waals surface area contributed by atoms with Crippen LogP contribution in [-0.2, 0) is 13.0 Å². The largest absolute Gasteiger partial charge is 0.508 e. The molecule has 1 unspecified atom stereocenters. The number of nitrogens with one attached hydrogen (secondary N) is 1. The minimum atomic E-state index is -0.719. The van der Waals surface area contributed by atoms with Gasteiger partial charge in [0.05, 0.1) is 12.7 Å². The Balaban J connectivity index is 1.88. The van der Waals surface area contributed by atoms with Crippen molar-refractivity contribution in [1.29, 1.82) is 0 Å². The van der Waals surface area contributed by atoms with E-state index in [1.54, 1.807) is 24.3 Å². The zero-order valence-electron chi connectivity index (χ0n) is 13.1. The zero-order chi connectivity index (χ0) is 16.8. The molecule has 0 aliphatic heterocycles. The van der Waals surface area contributed by atoms with E-state index in [1.165, 1.54) is 6.07 Å². The number of benzene rings is 2. The molecule has 23 heavy (non-hydrogen) atoms. The van der Waals surface area contributed by atoms with Crippen molar-refractivity contribution in [3.05, 3.63) is 59.2 Å². The third-order valence-corrected chi connectivity index (χ3v) is 3.80. The molecule has 2 aromatic rings. The number of phenols is 2. The lowest BCUT2D eigenvalue weighted by atomic mass is 10.0. The average molecular weight is 317 g/mol. The number of aliphatic hydroxyl groups excluding tert-OH is 2. The van der Waals surface area contributed by atoms with Crippen molar-refractivity contribution in [1.82, 2.24) is 5.32 Å². The second-order valence-corrected chi connectivity index (χ2v) is 5.74. The third kappa shape index (κ3) is 4.96. The quantitative estimate of drug-likeness (QED) is 0.537. The van der Waals surface area contributed by atoms with Crippen LogP contribution < -0.4 is 5.32 Å². The van der Waals surface area contributed by atoms with Gasteiger partial charge in [-0.25, -0.2) is 0 Å². The summed E-state index contributed by atoms with van der Waals surface area (Å²) in [6.07, 6.45) is 0.0629. The summed E-state index contributed by atoms with van der Waals surface area (Å²) in [5.74, 6) is 0.272. The van der Waals surface area contributed by atoms with Gasteiger partial charge in [0.1, 0.15) is 11.5 Å². The maximum absolute atomic E-state index is 10.2. The first kappa shape index (κ1) is 17.3. The lowest BCUT2D eigenvalue weighted by Gasteiger charge is -2.18. The summed E-state index contributed by atoms with van der Waals surface area (Å²) in [7, 11) is 0. The van der Waals surface area contributed by atoms with Crippen molar-refractivity contribution in [3.63, 3.8) is 0 Å². The second-order valence-electron chi connectivity index (χ2n) is 5.74. The van der Waals surface area contributed by atoms with Crippen LogP contribution in [0.15, 0.2) is 42.5 Å². The molecule has 0 bridgehead atoms. The lowest BCUT2D eigenvalue weighted by Crippen LogP contribution is -2.32. The van der Waals surface area contributed by atoms with E-state index in [4.69, 9.17) is 5.11 Å². The highest BCUT2D eigenvalue weighted by Crippen LogP contribution is 2.22. The molecule has 5 N–H and O–H groups in total. The molecule has 5 heteroatoms.